The molecule has 0 atom stereocenters. The van der Waals surface area contributed by atoms with E-state index in [9.17, 15) is 0 Å². The van der Waals surface area contributed by atoms with Crippen LogP contribution in [0.2, 0.25) is 5.15 Å². The minimum atomic E-state index is 0.503. The molecule has 0 fully saturated rings. The molecule has 1 rings (SSSR count). The van der Waals surface area contributed by atoms with E-state index in [1.807, 2.05) is 11.9 Å². The van der Waals surface area contributed by atoms with Crippen LogP contribution in [0, 0.1) is 0 Å². The average Bonchev–Trinajstić information content (AvgIpc) is 2.47. The molecule has 0 N–H and O–H groups in total. The van der Waals surface area contributed by atoms with Crippen molar-refractivity contribution in [3.05, 3.63) is 5.15 Å². The third kappa shape index (κ3) is 2.50. The summed E-state index contributed by atoms with van der Waals surface area (Å²) in [4.78, 5) is 2.02. The van der Waals surface area contributed by atoms with E-state index in [1.54, 1.807) is 11.8 Å². The maximum Gasteiger partial charge on any atom is 0.187 e. The number of thioether (sulfide) groups is 1. The first kappa shape index (κ1) is 10.1. The van der Waals surface area contributed by atoms with Gasteiger partial charge >= 0.3 is 0 Å². The lowest BCUT2D eigenvalue weighted by Gasteiger charge is -2.14. The molecule has 0 bridgehead atoms. The highest BCUT2D eigenvalue weighted by Gasteiger charge is 2.09. The minimum absolute atomic E-state index is 0.503. The Morgan fingerprint density at radius 2 is 2.33 bits per heavy atom. The van der Waals surface area contributed by atoms with Crippen molar-refractivity contribution in [2.45, 2.75) is 0 Å². The van der Waals surface area contributed by atoms with Gasteiger partial charge in [0.2, 0.25) is 0 Å². The van der Waals surface area contributed by atoms with Gasteiger partial charge in [-0.1, -0.05) is 11.6 Å². The van der Waals surface area contributed by atoms with E-state index in [4.69, 9.17) is 11.6 Å². The predicted molar refractivity (Wildman–Crippen MR) is 56.6 cm³/mol. The predicted octanol–water partition coefficient (Wildman–Crippen LogP) is 1.99. The molecule has 1 aromatic rings. The molecule has 0 aliphatic carbocycles. The maximum atomic E-state index is 5.80. The van der Waals surface area contributed by atoms with E-state index in [-0.39, 0.29) is 0 Å². The Morgan fingerprint density at radius 1 is 1.58 bits per heavy atom. The number of rotatable bonds is 4. The number of hydrogen-bond acceptors (Lipinski definition) is 5. The molecular weight excluding hydrogens is 214 g/mol. The summed E-state index contributed by atoms with van der Waals surface area (Å²) in [6, 6.07) is 0. The molecule has 0 saturated heterocycles. The van der Waals surface area contributed by atoms with Crippen LogP contribution in [0.4, 0.5) is 5.82 Å². The van der Waals surface area contributed by atoms with Gasteiger partial charge in [-0.15, -0.1) is 0 Å². The van der Waals surface area contributed by atoms with Gasteiger partial charge in [-0.3, -0.25) is 0 Å². The molecule has 0 aliphatic rings. The molecule has 3 nitrogen and oxygen atoms in total. The Balaban J connectivity index is 2.52. The van der Waals surface area contributed by atoms with Crippen molar-refractivity contribution in [1.82, 2.24) is 8.75 Å². The Bertz CT molecular complexity index is 240. The molecule has 6 heteroatoms. The van der Waals surface area contributed by atoms with Crippen LogP contribution < -0.4 is 4.90 Å². The van der Waals surface area contributed by atoms with E-state index in [2.05, 4.69) is 15.0 Å². The third-order valence-electron chi connectivity index (χ3n) is 1.43. The zero-order chi connectivity index (χ0) is 8.97. The lowest BCUT2D eigenvalue weighted by molar-refractivity contribution is 0.960. The highest BCUT2D eigenvalue weighted by molar-refractivity contribution is 7.98. The molecule has 68 valence electrons. The van der Waals surface area contributed by atoms with Gasteiger partial charge in [0.25, 0.3) is 0 Å². The average molecular weight is 224 g/mol. The van der Waals surface area contributed by atoms with Gasteiger partial charge in [-0.05, 0) is 6.26 Å². The minimum Gasteiger partial charge on any atom is -0.355 e. The lowest BCUT2D eigenvalue weighted by atomic mass is 10.6. The van der Waals surface area contributed by atoms with Gasteiger partial charge in [0.15, 0.2) is 11.0 Å². The second-order valence-electron chi connectivity index (χ2n) is 2.29. The fourth-order valence-corrected chi connectivity index (χ4v) is 2.02. The zero-order valence-corrected chi connectivity index (χ0v) is 9.34. The van der Waals surface area contributed by atoms with E-state index < -0.39 is 0 Å². The maximum absolute atomic E-state index is 5.80. The number of hydrogen-bond donors (Lipinski definition) is 0. The summed E-state index contributed by atoms with van der Waals surface area (Å²) in [6.07, 6.45) is 2.08. The Kier molecular flexibility index (Phi) is 4.11. The molecule has 0 radical (unpaired) electrons. The van der Waals surface area contributed by atoms with Crippen molar-refractivity contribution in [2.24, 2.45) is 0 Å². The van der Waals surface area contributed by atoms with Gasteiger partial charge in [-0.25, -0.2) is 0 Å². The Hall–Kier alpha value is -0.0000000000000000555. The van der Waals surface area contributed by atoms with Crippen LogP contribution in [0.1, 0.15) is 0 Å². The fourth-order valence-electron chi connectivity index (χ4n) is 0.735. The molecule has 0 spiro atoms. The second-order valence-corrected chi connectivity index (χ2v) is 4.17. The highest BCUT2D eigenvalue weighted by atomic mass is 35.5. The van der Waals surface area contributed by atoms with Crippen LogP contribution in [0.5, 0.6) is 0 Å². The summed E-state index contributed by atoms with van der Waals surface area (Å²) in [6.45, 7) is 0.951. The topological polar surface area (TPSA) is 29.0 Å². The molecule has 12 heavy (non-hydrogen) atoms. The third-order valence-corrected chi connectivity index (χ3v) is 2.89. The number of anilines is 1. The lowest BCUT2D eigenvalue weighted by Crippen LogP contribution is -2.20. The van der Waals surface area contributed by atoms with Crippen molar-refractivity contribution in [3.8, 4) is 0 Å². The summed E-state index contributed by atoms with van der Waals surface area (Å²) in [7, 11) is 1.97. The first-order chi connectivity index (χ1) is 5.75. The standard InChI is InChI=1S/C6H10ClN3S2/c1-10(3-4-11-2)6-5(7)8-12-9-6/h3-4H2,1-2H3. The van der Waals surface area contributed by atoms with Gasteiger partial charge in [0, 0.05) is 19.3 Å². The van der Waals surface area contributed by atoms with Crippen LogP contribution in [0.3, 0.4) is 0 Å². The smallest absolute Gasteiger partial charge is 0.187 e. The van der Waals surface area contributed by atoms with Crippen LogP contribution in [0.25, 0.3) is 0 Å². The van der Waals surface area contributed by atoms with Crippen molar-refractivity contribution < 1.29 is 0 Å². The molecule has 0 unspecified atom stereocenters. The van der Waals surface area contributed by atoms with E-state index in [0.29, 0.717) is 5.15 Å². The largest absolute Gasteiger partial charge is 0.355 e. The van der Waals surface area contributed by atoms with Crippen LogP contribution in [0.15, 0.2) is 0 Å². The van der Waals surface area contributed by atoms with Crippen LogP contribution >= 0.6 is 35.1 Å². The quantitative estimate of drug-likeness (QED) is 0.781. The highest BCUT2D eigenvalue weighted by Crippen LogP contribution is 2.21. The molecule has 1 heterocycles. The first-order valence-electron chi connectivity index (χ1n) is 3.44. The molecule has 0 saturated carbocycles. The molecule has 1 aromatic heterocycles. The SMILES string of the molecule is CSCCN(C)c1nsnc1Cl. The second kappa shape index (κ2) is 4.89. The van der Waals surface area contributed by atoms with E-state index in [1.165, 1.54) is 0 Å². The van der Waals surface area contributed by atoms with Gasteiger partial charge in [-0.2, -0.15) is 20.5 Å². The summed E-state index contributed by atoms with van der Waals surface area (Å²) >= 11 is 8.75. The first-order valence-corrected chi connectivity index (χ1v) is 5.94. The molecule has 0 aromatic carbocycles. The molecule has 0 aliphatic heterocycles. The van der Waals surface area contributed by atoms with E-state index >= 15 is 0 Å². The Labute approximate surface area is 85.4 Å². The summed E-state index contributed by atoms with van der Waals surface area (Å²) in [5.41, 5.74) is 0. The normalized spacial score (nSPS) is 10.2. The van der Waals surface area contributed by atoms with E-state index in [0.717, 1.165) is 29.8 Å². The van der Waals surface area contributed by atoms with Crippen LogP contribution in [-0.4, -0.2) is 34.3 Å². The zero-order valence-electron chi connectivity index (χ0n) is 6.95. The van der Waals surface area contributed by atoms with Gasteiger partial charge in [0.1, 0.15) is 0 Å². The summed E-state index contributed by atoms with van der Waals surface area (Å²) < 4.78 is 7.98. The Morgan fingerprint density at radius 3 is 2.83 bits per heavy atom. The monoisotopic (exact) mass is 223 g/mol. The summed E-state index contributed by atoms with van der Waals surface area (Å²) in [5, 5.41) is 0.503. The van der Waals surface area contributed by atoms with Crippen molar-refractivity contribution in [2.75, 3.05) is 30.5 Å². The van der Waals surface area contributed by atoms with Gasteiger partial charge in [0.05, 0.1) is 11.7 Å². The number of halogens is 1. The van der Waals surface area contributed by atoms with Crippen LogP contribution in [-0.2, 0) is 0 Å². The number of nitrogens with zero attached hydrogens (tertiary/aromatic N) is 3. The molecule has 0 amide bonds. The fraction of sp³-hybridized carbons (Fsp3) is 0.667. The van der Waals surface area contributed by atoms with Gasteiger partial charge < -0.3 is 4.90 Å². The van der Waals surface area contributed by atoms with Crippen molar-refractivity contribution in [3.63, 3.8) is 0 Å². The summed E-state index contributed by atoms with van der Waals surface area (Å²) in [5.74, 6) is 1.86. The number of aromatic nitrogens is 2. The molecular formula is C6H10ClN3S2. The van der Waals surface area contributed by atoms with Crippen molar-refractivity contribution >= 4 is 40.9 Å². The van der Waals surface area contributed by atoms with Crippen molar-refractivity contribution in [1.29, 1.82) is 0 Å².